The van der Waals surface area contributed by atoms with Gasteiger partial charge in [0.2, 0.25) is 21.7 Å². The first-order chi connectivity index (χ1) is 11.3. The van der Waals surface area contributed by atoms with Crippen LogP contribution in [0, 0.1) is 5.82 Å². The van der Waals surface area contributed by atoms with Crippen LogP contribution in [-0.4, -0.2) is 43.1 Å². The average Bonchev–Trinajstić information content (AvgIpc) is 3.06. The second kappa shape index (κ2) is 6.06. The Balaban J connectivity index is 1.94. The van der Waals surface area contributed by atoms with E-state index in [1.165, 1.54) is 11.4 Å². The lowest BCUT2D eigenvalue weighted by Gasteiger charge is -2.08. The first-order valence-corrected chi connectivity index (χ1v) is 8.33. The molecule has 1 atom stereocenters. The van der Waals surface area contributed by atoms with Crippen molar-refractivity contribution in [3.8, 4) is 17.1 Å². The van der Waals surface area contributed by atoms with Gasteiger partial charge in [-0.05, 0) is 24.6 Å². The summed E-state index contributed by atoms with van der Waals surface area (Å²) in [6.45, 7) is -2.76. The molecular weight excluding hydrogens is 351 g/mol. The van der Waals surface area contributed by atoms with E-state index in [1.54, 1.807) is 0 Å². The third-order valence-electron chi connectivity index (χ3n) is 3.62. The van der Waals surface area contributed by atoms with Crippen molar-refractivity contribution in [1.29, 1.82) is 0 Å². The standard InChI is InChI=1S/C13H12F3N3O4S/c1-19-5-4-10(24(19,20)21)12-17-11(18-23-12)8-6-7(22-13(15)16)2-3-9(8)14/h2-3,6,10,13H,4-5H2,1H3/t10-/m0/s1. The number of alkyl halides is 2. The van der Waals surface area contributed by atoms with Gasteiger partial charge in [-0.15, -0.1) is 0 Å². The zero-order valence-corrected chi connectivity index (χ0v) is 13.1. The monoisotopic (exact) mass is 363 g/mol. The molecule has 24 heavy (non-hydrogen) atoms. The molecule has 0 spiro atoms. The summed E-state index contributed by atoms with van der Waals surface area (Å²) in [7, 11) is -2.17. The Kier molecular flexibility index (Phi) is 4.22. The first kappa shape index (κ1) is 16.7. The molecule has 1 aliphatic rings. The topological polar surface area (TPSA) is 85.5 Å². The molecule has 2 heterocycles. The van der Waals surface area contributed by atoms with Gasteiger partial charge in [0.25, 0.3) is 0 Å². The van der Waals surface area contributed by atoms with E-state index in [1.807, 2.05) is 0 Å². The van der Waals surface area contributed by atoms with Gasteiger partial charge in [-0.3, -0.25) is 0 Å². The minimum Gasteiger partial charge on any atom is -0.435 e. The van der Waals surface area contributed by atoms with E-state index >= 15 is 0 Å². The molecule has 0 unspecified atom stereocenters. The number of sulfonamides is 1. The second-order valence-electron chi connectivity index (χ2n) is 5.12. The van der Waals surface area contributed by atoms with E-state index in [4.69, 9.17) is 4.52 Å². The summed E-state index contributed by atoms with van der Waals surface area (Å²) in [5.74, 6) is -1.47. The van der Waals surface area contributed by atoms with Gasteiger partial charge in [-0.2, -0.15) is 13.8 Å². The van der Waals surface area contributed by atoms with Crippen molar-refractivity contribution >= 4 is 10.0 Å². The van der Waals surface area contributed by atoms with Crippen molar-refractivity contribution in [2.45, 2.75) is 18.3 Å². The van der Waals surface area contributed by atoms with Crippen LogP contribution in [0.3, 0.4) is 0 Å². The molecule has 11 heteroatoms. The van der Waals surface area contributed by atoms with E-state index < -0.39 is 27.7 Å². The number of hydrogen-bond donors (Lipinski definition) is 0. The lowest BCUT2D eigenvalue weighted by Crippen LogP contribution is -2.22. The van der Waals surface area contributed by atoms with E-state index in [0.29, 0.717) is 6.54 Å². The fourth-order valence-electron chi connectivity index (χ4n) is 2.37. The summed E-state index contributed by atoms with van der Waals surface area (Å²) in [4.78, 5) is 3.91. The van der Waals surface area contributed by atoms with Gasteiger partial charge in [0.1, 0.15) is 11.6 Å². The molecular formula is C13H12F3N3O4S. The number of nitrogens with zero attached hydrogens (tertiary/aromatic N) is 3. The highest BCUT2D eigenvalue weighted by Gasteiger charge is 2.41. The lowest BCUT2D eigenvalue weighted by atomic mass is 10.2. The van der Waals surface area contributed by atoms with Crippen LogP contribution >= 0.6 is 0 Å². The predicted octanol–water partition coefficient (Wildman–Crippen LogP) is 2.18. The largest absolute Gasteiger partial charge is 0.435 e. The summed E-state index contributed by atoms with van der Waals surface area (Å²) in [5.41, 5.74) is -0.230. The Hall–Kier alpha value is -2.14. The molecule has 0 saturated carbocycles. The van der Waals surface area contributed by atoms with E-state index in [2.05, 4.69) is 14.9 Å². The smallest absolute Gasteiger partial charge is 0.387 e. The predicted molar refractivity (Wildman–Crippen MR) is 75.2 cm³/mol. The van der Waals surface area contributed by atoms with Crippen molar-refractivity contribution in [2.75, 3.05) is 13.6 Å². The van der Waals surface area contributed by atoms with Gasteiger partial charge in [0.15, 0.2) is 5.25 Å². The van der Waals surface area contributed by atoms with Crippen LogP contribution in [0.5, 0.6) is 5.75 Å². The number of rotatable bonds is 4. The quantitative estimate of drug-likeness (QED) is 0.828. The van der Waals surface area contributed by atoms with E-state index in [-0.39, 0.29) is 29.4 Å². The number of ether oxygens (including phenoxy) is 1. The highest BCUT2D eigenvalue weighted by molar-refractivity contribution is 7.89. The summed E-state index contributed by atoms with van der Waals surface area (Å²) in [6, 6.07) is 2.94. The minimum atomic E-state index is -3.60. The van der Waals surface area contributed by atoms with E-state index in [0.717, 1.165) is 18.2 Å². The Morgan fingerprint density at radius 1 is 1.42 bits per heavy atom. The summed E-state index contributed by atoms with van der Waals surface area (Å²) >= 11 is 0. The van der Waals surface area contributed by atoms with Crippen LogP contribution in [0.15, 0.2) is 22.7 Å². The van der Waals surface area contributed by atoms with E-state index in [9.17, 15) is 21.6 Å². The molecule has 0 N–H and O–H groups in total. The van der Waals surface area contributed by atoms with Crippen molar-refractivity contribution in [3.63, 3.8) is 0 Å². The Morgan fingerprint density at radius 2 is 2.17 bits per heavy atom. The number of benzene rings is 1. The third kappa shape index (κ3) is 2.96. The molecule has 1 aromatic carbocycles. The van der Waals surface area contributed by atoms with Crippen LogP contribution in [0.2, 0.25) is 0 Å². The molecule has 7 nitrogen and oxygen atoms in total. The van der Waals surface area contributed by atoms with Crippen LogP contribution in [0.4, 0.5) is 13.2 Å². The number of hydrogen-bond acceptors (Lipinski definition) is 6. The van der Waals surface area contributed by atoms with Crippen molar-refractivity contribution in [2.24, 2.45) is 0 Å². The molecule has 1 aromatic heterocycles. The van der Waals surface area contributed by atoms with Crippen molar-refractivity contribution < 1.29 is 30.8 Å². The maximum atomic E-state index is 13.9. The molecule has 1 fully saturated rings. The van der Waals surface area contributed by atoms with Crippen molar-refractivity contribution in [1.82, 2.24) is 14.4 Å². The van der Waals surface area contributed by atoms with Gasteiger partial charge >= 0.3 is 6.61 Å². The molecule has 3 rings (SSSR count). The molecule has 0 aliphatic carbocycles. The molecule has 1 aliphatic heterocycles. The normalized spacial score (nSPS) is 20.6. The molecule has 0 amide bonds. The Bertz CT molecular complexity index is 856. The highest BCUT2D eigenvalue weighted by atomic mass is 32.2. The summed E-state index contributed by atoms with van der Waals surface area (Å²) in [6.07, 6.45) is 0.261. The highest BCUT2D eigenvalue weighted by Crippen LogP contribution is 2.35. The van der Waals surface area contributed by atoms with Gasteiger partial charge in [0.05, 0.1) is 5.56 Å². The average molecular weight is 363 g/mol. The van der Waals surface area contributed by atoms with Gasteiger partial charge in [-0.1, -0.05) is 5.16 Å². The minimum absolute atomic E-state index is 0.172. The maximum Gasteiger partial charge on any atom is 0.387 e. The molecule has 130 valence electrons. The lowest BCUT2D eigenvalue weighted by molar-refractivity contribution is -0.0498. The summed E-state index contributed by atoms with van der Waals surface area (Å²) in [5, 5.41) is 2.54. The van der Waals surface area contributed by atoms with Crippen LogP contribution in [0.1, 0.15) is 17.6 Å². The second-order valence-corrected chi connectivity index (χ2v) is 7.34. The molecule has 2 aromatic rings. The third-order valence-corrected chi connectivity index (χ3v) is 5.83. The Morgan fingerprint density at radius 3 is 2.79 bits per heavy atom. The van der Waals surface area contributed by atoms with Gasteiger partial charge < -0.3 is 9.26 Å². The van der Waals surface area contributed by atoms with Gasteiger partial charge in [-0.25, -0.2) is 17.1 Å². The van der Waals surface area contributed by atoms with Crippen molar-refractivity contribution in [3.05, 3.63) is 29.9 Å². The SMILES string of the molecule is CN1CC[C@@H](c2nc(-c3cc(OC(F)F)ccc3F)no2)S1(=O)=O. The maximum absolute atomic E-state index is 13.9. The molecule has 1 saturated heterocycles. The summed E-state index contributed by atoms with van der Waals surface area (Å²) < 4.78 is 72.9. The Labute approximate surface area is 135 Å². The zero-order valence-electron chi connectivity index (χ0n) is 12.3. The fraction of sp³-hybridized carbons (Fsp3) is 0.385. The fourth-order valence-corrected chi connectivity index (χ4v) is 3.92. The van der Waals surface area contributed by atoms with Crippen LogP contribution in [0.25, 0.3) is 11.4 Å². The molecule has 0 radical (unpaired) electrons. The van der Waals surface area contributed by atoms with Crippen LogP contribution < -0.4 is 4.74 Å². The number of halogens is 3. The van der Waals surface area contributed by atoms with Crippen LogP contribution in [-0.2, 0) is 10.0 Å². The molecule has 0 bridgehead atoms. The van der Waals surface area contributed by atoms with Gasteiger partial charge in [0, 0.05) is 13.6 Å². The first-order valence-electron chi connectivity index (χ1n) is 6.82. The zero-order chi connectivity index (χ0) is 17.5. The number of aromatic nitrogens is 2.